The van der Waals surface area contributed by atoms with Crippen LogP contribution in [0, 0.1) is 16.0 Å². The smallest absolute Gasteiger partial charge is 0.293 e. The zero-order valence-electron chi connectivity index (χ0n) is 16.1. The van der Waals surface area contributed by atoms with Gasteiger partial charge in [0.15, 0.2) is 5.82 Å². The van der Waals surface area contributed by atoms with Gasteiger partial charge in [-0.2, -0.15) is 5.10 Å². The largest absolute Gasteiger partial charge is 0.366 e. The van der Waals surface area contributed by atoms with Crippen molar-refractivity contribution in [3.63, 3.8) is 0 Å². The molecule has 0 radical (unpaired) electrons. The summed E-state index contributed by atoms with van der Waals surface area (Å²) in [5, 5.41) is 16.0. The predicted octanol–water partition coefficient (Wildman–Crippen LogP) is 2.67. The number of nitrogens with zero attached hydrogens (tertiary/aromatic N) is 6. The lowest BCUT2D eigenvalue weighted by atomic mass is 9.96. The van der Waals surface area contributed by atoms with Crippen LogP contribution in [0.5, 0.6) is 0 Å². The number of aromatic nitrogens is 4. The molecule has 3 aromatic rings. The van der Waals surface area contributed by atoms with Crippen molar-refractivity contribution in [2.45, 2.75) is 19.4 Å². The number of nitro benzene ring substituents is 1. The minimum atomic E-state index is -0.416. The van der Waals surface area contributed by atoms with Crippen molar-refractivity contribution in [2.24, 2.45) is 13.0 Å². The molecular formula is C20H22N6O3. The van der Waals surface area contributed by atoms with Gasteiger partial charge in [0.2, 0.25) is 5.78 Å². The first-order valence-corrected chi connectivity index (χ1v) is 9.56. The monoisotopic (exact) mass is 394 g/mol. The third-order valence-corrected chi connectivity index (χ3v) is 5.42. The van der Waals surface area contributed by atoms with Crippen molar-refractivity contribution in [3.05, 3.63) is 70.6 Å². The number of carbonyl (C=O) groups is 1. The van der Waals surface area contributed by atoms with Crippen molar-refractivity contribution in [3.8, 4) is 0 Å². The molecule has 1 fully saturated rings. The van der Waals surface area contributed by atoms with Crippen LogP contribution in [0.1, 0.15) is 29.0 Å². The van der Waals surface area contributed by atoms with Crippen LogP contribution in [0.4, 0.5) is 11.4 Å². The molecule has 3 heterocycles. The summed E-state index contributed by atoms with van der Waals surface area (Å²) in [6, 6.07) is 6.60. The minimum absolute atomic E-state index is 0.0458. The number of hydrogen-bond acceptors (Lipinski definition) is 6. The Morgan fingerprint density at radius 1 is 1.24 bits per heavy atom. The van der Waals surface area contributed by atoms with Crippen molar-refractivity contribution >= 4 is 17.2 Å². The highest BCUT2D eigenvalue weighted by molar-refractivity contribution is 6.07. The van der Waals surface area contributed by atoms with E-state index >= 15 is 0 Å². The second-order valence-electron chi connectivity index (χ2n) is 7.31. The average molecular weight is 394 g/mol. The summed E-state index contributed by atoms with van der Waals surface area (Å²) in [5.41, 5.74) is 0.780. The van der Waals surface area contributed by atoms with E-state index in [1.807, 2.05) is 21.8 Å². The number of rotatable bonds is 6. The van der Waals surface area contributed by atoms with E-state index in [9.17, 15) is 14.9 Å². The molecular weight excluding hydrogens is 372 g/mol. The van der Waals surface area contributed by atoms with Gasteiger partial charge in [-0.3, -0.25) is 19.6 Å². The summed E-state index contributed by atoms with van der Waals surface area (Å²) in [5.74, 6) is 0.422. The summed E-state index contributed by atoms with van der Waals surface area (Å²) in [6.07, 6.45) is 8.80. The topological polar surface area (TPSA) is 99.1 Å². The second kappa shape index (κ2) is 7.86. The van der Waals surface area contributed by atoms with E-state index in [2.05, 4.69) is 10.1 Å². The quantitative estimate of drug-likeness (QED) is 0.362. The highest BCUT2D eigenvalue weighted by atomic mass is 16.6. The zero-order valence-corrected chi connectivity index (χ0v) is 16.1. The number of aryl methyl sites for hydroxylation is 1. The predicted molar refractivity (Wildman–Crippen MR) is 107 cm³/mol. The molecule has 0 bridgehead atoms. The number of nitro groups is 1. The second-order valence-corrected chi connectivity index (χ2v) is 7.31. The van der Waals surface area contributed by atoms with E-state index in [-0.39, 0.29) is 22.9 Å². The summed E-state index contributed by atoms with van der Waals surface area (Å²) in [4.78, 5) is 30.0. The van der Waals surface area contributed by atoms with Crippen LogP contribution in [-0.2, 0) is 13.6 Å². The molecule has 0 saturated carbocycles. The summed E-state index contributed by atoms with van der Waals surface area (Å²) in [6.45, 7) is 2.33. The first kappa shape index (κ1) is 18.9. The number of hydrogen-bond donors (Lipinski definition) is 0. The van der Waals surface area contributed by atoms with Gasteiger partial charge in [-0.1, -0.05) is 0 Å². The normalized spacial score (nSPS) is 14.9. The molecule has 29 heavy (non-hydrogen) atoms. The minimum Gasteiger partial charge on any atom is -0.366 e. The molecule has 9 nitrogen and oxygen atoms in total. The molecule has 0 atom stereocenters. The molecule has 0 amide bonds. The van der Waals surface area contributed by atoms with Gasteiger partial charge in [-0.15, -0.1) is 0 Å². The molecule has 150 valence electrons. The zero-order chi connectivity index (χ0) is 20.4. The first-order chi connectivity index (χ1) is 14.0. The Bertz CT molecular complexity index is 1020. The van der Waals surface area contributed by atoms with Gasteiger partial charge in [-0.05, 0) is 37.0 Å². The number of imidazole rings is 1. The van der Waals surface area contributed by atoms with Gasteiger partial charge in [-0.25, -0.2) is 4.98 Å². The number of carbonyl (C=O) groups excluding carboxylic acids is 1. The maximum absolute atomic E-state index is 12.7. The Morgan fingerprint density at radius 2 is 2.03 bits per heavy atom. The fourth-order valence-corrected chi connectivity index (χ4v) is 3.82. The van der Waals surface area contributed by atoms with E-state index in [1.165, 1.54) is 12.3 Å². The van der Waals surface area contributed by atoms with Gasteiger partial charge in [0.1, 0.15) is 5.69 Å². The van der Waals surface area contributed by atoms with Crippen LogP contribution in [-0.4, -0.2) is 43.1 Å². The Labute approximate surface area is 167 Å². The number of anilines is 1. The van der Waals surface area contributed by atoms with E-state index in [0.717, 1.165) is 32.5 Å². The molecule has 1 saturated heterocycles. The SMILES string of the molecule is Cn1ccnc1C(=O)c1ccc(N2CCC(Cn3cccn3)CC2)c([N+](=O)[O-])c1. The number of ketones is 1. The molecule has 2 aromatic heterocycles. The molecule has 1 aliphatic heterocycles. The van der Waals surface area contributed by atoms with E-state index in [4.69, 9.17) is 0 Å². The van der Waals surface area contributed by atoms with Crippen LogP contribution < -0.4 is 4.90 Å². The standard InChI is InChI=1S/C20H22N6O3/c1-23-12-8-21-20(23)19(27)16-3-4-17(18(13-16)26(28)29)24-10-5-15(6-11-24)14-25-9-2-7-22-25/h2-4,7-9,12-13,15H,5-6,10-11,14H2,1H3. The Hall–Kier alpha value is -3.49. The maximum Gasteiger partial charge on any atom is 0.293 e. The lowest BCUT2D eigenvalue weighted by Crippen LogP contribution is -2.35. The molecule has 0 N–H and O–H groups in total. The summed E-state index contributed by atoms with van der Waals surface area (Å²) >= 11 is 0. The molecule has 4 rings (SSSR count). The van der Waals surface area contributed by atoms with Crippen molar-refractivity contribution in [1.82, 2.24) is 19.3 Å². The molecule has 9 heteroatoms. The maximum atomic E-state index is 12.7. The molecule has 1 aromatic carbocycles. The van der Waals surface area contributed by atoms with Gasteiger partial charge in [0.25, 0.3) is 5.69 Å². The molecule has 1 aliphatic rings. The Kier molecular flexibility index (Phi) is 5.11. The fraction of sp³-hybridized carbons (Fsp3) is 0.350. The first-order valence-electron chi connectivity index (χ1n) is 9.56. The van der Waals surface area contributed by atoms with Gasteiger partial charge >= 0.3 is 0 Å². The third kappa shape index (κ3) is 3.89. The summed E-state index contributed by atoms with van der Waals surface area (Å²) in [7, 11) is 1.72. The van der Waals surface area contributed by atoms with Crippen LogP contribution in [0.15, 0.2) is 49.1 Å². The summed E-state index contributed by atoms with van der Waals surface area (Å²) < 4.78 is 3.53. The van der Waals surface area contributed by atoms with Crippen molar-refractivity contribution < 1.29 is 9.72 Å². The average Bonchev–Trinajstić information content (AvgIpc) is 3.39. The third-order valence-electron chi connectivity index (χ3n) is 5.42. The Morgan fingerprint density at radius 3 is 2.66 bits per heavy atom. The van der Waals surface area contributed by atoms with Crippen LogP contribution >= 0.6 is 0 Å². The van der Waals surface area contributed by atoms with Gasteiger partial charge < -0.3 is 9.47 Å². The van der Waals surface area contributed by atoms with E-state index < -0.39 is 4.92 Å². The Balaban J connectivity index is 1.51. The lowest BCUT2D eigenvalue weighted by Gasteiger charge is -2.33. The molecule has 0 unspecified atom stereocenters. The van der Waals surface area contributed by atoms with Crippen molar-refractivity contribution in [1.29, 1.82) is 0 Å². The highest BCUT2D eigenvalue weighted by Gasteiger charge is 2.27. The van der Waals surface area contributed by atoms with Crippen LogP contribution in [0.3, 0.4) is 0 Å². The van der Waals surface area contributed by atoms with Gasteiger partial charge in [0.05, 0.1) is 4.92 Å². The van der Waals surface area contributed by atoms with Crippen LogP contribution in [0.25, 0.3) is 0 Å². The van der Waals surface area contributed by atoms with Crippen LogP contribution in [0.2, 0.25) is 0 Å². The highest BCUT2D eigenvalue weighted by Crippen LogP contribution is 2.33. The van der Waals surface area contributed by atoms with Gasteiger partial charge in [0, 0.05) is 63.1 Å². The molecule has 0 aliphatic carbocycles. The lowest BCUT2D eigenvalue weighted by molar-refractivity contribution is -0.384. The van der Waals surface area contributed by atoms with Crippen molar-refractivity contribution in [2.75, 3.05) is 18.0 Å². The number of piperidine rings is 1. The number of benzene rings is 1. The van der Waals surface area contributed by atoms with E-state index in [0.29, 0.717) is 11.6 Å². The van der Waals surface area contributed by atoms with E-state index in [1.54, 1.807) is 36.1 Å². The fourth-order valence-electron chi connectivity index (χ4n) is 3.82. The molecule has 0 spiro atoms.